The number of anilines is 2. The summed E-state index contributed by atoms with van der Waals surface area (Å²) < 4.78 is 4.80. The lowest BCUT2D eigenvalue weighted by Gasteiger charge is -2.30. The van der Waals surface area contributed by atoms with Crippen molar-refractivity contribution < 1.29 is 24.2 Å². The van der Waals surface area contributed by atoms with Crippen molar-refractivity contribution in [3.8, 4) is 0 Å². The summed E-state index contributed by atoms with van der Waals surface area (Å²) in [7, 11) is 1.34. The Bertz CT molecular complexity index is 758. The fraction of sp³-hybridized carbons (Fsp3) is 0.421. The molecule has 0 saturated heterocycles. The first-order valence-corrected chi connectivity index (χ1v) is 8.66. The van der Waals surface area contributed by atoms with Crippen LogP contribution < -0.4 is 15.3 Å². The highest BCUT2D eigenvalue weighted by Gasteiger charge is 2.30. The summed E-state index contributed by atoms with van der Waals surface area (Å²) in [5.41, 5.74) is 2.31. The number of carboxylic acids is 1. The number of amides is 2. The van der Waals surface area contributed by atoms with Crippen LogP contribution >= 0.6 is 0 Å². The minimum Gasteiger partial charge on any atom is -0.550 e. The van der Waals surface area contributed by atoms with Crippen molar-refractivity contribution in [3.05, 3.63) is 35.9 Å². The number of carboxylic acid groups (broad SMARTS) is 1. The number of aliphatic carboxylic acids is 1. The molecular formula is C19H21N2O5-. The molecule has 1 aromatic rings. The molecule has 1 aliphatic carbocycles. The molecule has 0 aromatic heterocycles. The molecule has 1 N–H and O–H groups in total. The number of nitrogens with zero attached hydrogens (tertiary/aromatic N) is 1. The van der Waals surface area contributed by atoms with Crippen LogP contribution in [0.2, 0.25) is 0 Å². The predicted octanol–water partition coefficient (Wildman–Crippen LogP) is 1.48. The summed E-state index contributed by atoms with van der Waals surface area (Å²) in [6, 6.07) is 5.32. The number of methoxy groups -OCH3 is 1. The van der Waals surface area contributed by atoms with Crippen LogP contribution in [0.4, 0.5) is 16.2 Å². The number of hydrogen-bond donors (Lipinski definition) is 1. The van der Waals surface area contributed by atoms with E-state index < -0.39 is 23.9 Å². The molecule has 0 unspecified atom stereocenters. The number of hydrogen-bond acceptors (Lipinski definition) is 5. The van der Waals surface area contributed by atoms with E-state index in [1.54, 1.807) is 23.1 Å². The highest BCUT2D eigenvalue weighted by atomic mass is 16.5. The molecule has 1 aromatic carbocycles. The van der Waals surface area contributed by atoms with Crippen molar-refractivity contribution >= 4 is 29.3 Å². The molecule has 138 valence electrons. The van der Waals surface area contributed by atoms with Crippen molar-refractivity contribution in [1.82, 2.24) is 0 Å². The molecule has 2 aliphatic rings. The van der Waals surface area contributed by atoms with Crippen LogP contribution in [0.1, 0.15) is 24.8 Å². The molecule has 1 aliphatic heterocycles. The first-order chi connectivity index (χ1) is 12.5. The van der Waals surface area contributed by atoms with Gasteiger partial charge in [-0.25, -0.2) is 4.79 Å². The Hall–Kier alpha value is -2.83. The number of allylic oxidation sites excluding steroid dienone is 2. The third-order valence-corrected chi connectivity index (χ3v) is 4.93. The van der Waals surface area contributed by atoms with Crippen LogP contribution in [0.25, 0.3) is 0 Å². The minimum absolute atomic E-state index is 0.304. The van der Waals surface area contributed by atoms with Crippen LogP contribution in [-0.4, -0.2) is 31.6 Å². The van der Waals surface area contributed by atoms with Crippen molar-refractivity contribution in [2.24, 2.45) is 11.8 Å². The van der Waals surface area contributed by atoms with Gasteiger partial charge in [-0.2, -0.15) is 0 Å². The van der Waals surface area contributed by atoms with Gasteiger partial charge in [-0.15, -0.1) is 0 Å². The zero-order chi connectivity index (χ0) is 18.7. The second-order valence-corrected chi connectivity index (χ2v) is 6.53. The third kappa shape index (κ3) is 3.56. The van der Waals surface area contributed by atoms with Crippen molar-refractivity contribution in [1.29, 1.82) is 0 Å². The Balaban J connectivity index is 1.77. The van der Waals surface area contributed by atoms with Crippen molar-refractivity contribution in [3.63, 3.8) is 0 Å². The first kappa shape index (κ1) is 18.0. The predicted molar refractivity (Wildman–Crippen MR) is 93.5 cm³/mol. The lowest BCUT2D eigenvalue weighted by atomic mass is 9.82. The number of nitrogens with one attached hydrogen (secondary N) is 1. The highest BCUT2D eigenvalue weighted by Crippen LogP contribution is 2.31. The molecule has 7 nitrogen and oxygen atoms in total. The van der Waals surface area contributed by atoms with E-state index in [4.69, 9.17) is 4.74 Å². The van der Waals surface area contributed by atoms with Gasteiger partial charge in [-0.05, 0) is 49.4 Å². The molecule has 0 bridgehead atoms. The maximum absolute atomic E-state index is 12.5. The molecular weight excluding hydrogens is 336 g/mol. The number of rotatable bonds is 3. The fourth-order valence-corrected chi connectivity index (χ4v) is 3.57. The number of ether oxygens (including phenoxy) is 1. The number of carbonyl (C=O) groups is 3. The summed E-state index contributed by atoms with van der Waals surface area (Å²) in [5, 5.41) is 14.1. The van der Waals surface area contributed by atoms with E-state index in [-0.39, 0.29) is 5.91 Å². The number of carbonyl (C=O) groups excluding carboxylic acids is 3. The molecule has 3 rings (SSSR count). The Morgan fingerprint density at radius 3 is 2.62 bits per heavy atom. The molecule has 26 heavy (non-hydrogen) atoms. The Labute approximate surface area is 151 Å². The maximum Gasteiger partial charge on any atom is 0.414 e. The zero-order valence-corrected chi connectivity index (χ0v) is 14.6. The second-order valence-electron chi connectivity index (χ2n) is 6.53. The van der Waals surface area contributed by atoms with Gasteiger partial charge in [-0.1, -0.05) is 12.2 Å². The summed E-state index contributed by atoms with van der Waals surface area (Å²) >= 11 is 0. The fourth-order valence-electron chi connectivity index (χ4n) is 3.57. The molecule has 0 radical (unpaired) electrons. The summed E-state index contributed by atoms with van der Waals surface area (Å²) in [4.78, 5) is 37.3. The first-order valence-electron chi connectivity index (χ1n) is 8.66. The van der Waals surface area contributed by atoms with Gasteiger partial charge in [0.25, 0.3) is 0 Å². The molecule has 0 spiro atoms. The van der Waals surface area contributed by atoms with Gasteiger partial charge in [0.1, 0.15) is 0 Å². The van der Waals surface area contributed by atoms with E-state index in [1.807, 2.05) is 12.1 Å². The standard InChI is InChI=1S/C19H22N2O5/c1-26-19(25)21-10-4-5-12-11-13(8-9-16(12)21)20-17(22)14-6-2-3-7-15(14)18(23)24/h2-3,8-9,11,14-15H,4-7,10H2,1H3,(H,20,22)(H,23,24)/p-1/t14-,15+/m1/s1. The van der Waals surface area contributed by atoms with E-state index in [1.165, 1.54) is 7.11 Å². The topological polar surface area (TPSA) is 98.8 Å². The molecule has 2 atom stereocenters. The number of benzene rings is 1. The minimum atomic E-state index is -1.20. The van der Waals surface area contributed by atoms with Crippen LogP contribution in [0.3, 0.4) is 0 Å². The lowest BCUT2D eigenvalue weighted by Crippen LogP contribution is -2.41. The van der Waals surface area contributed by atoms with Crippen molar-refractivity contribution in [2.75, 3.05) is 23.9 Å². The largest absolute Gasteiger partial charge is 0.550 e. The average molecular weight is 357 g/mol. The van der Waals surface area contributed by atoms with Crippen LogP contribution in [-0.2, 0) is 20.7 Å². The average Bonchev–Trinajstić information content (AvgIpc) is 2.66. The molecule has 1 heterocycles. The zero-order valence-electron chi connectivity index (χ0n) is 14.6. The lowest BCUT2D eigenvalue weighted by molar-refractivity contribution is -0.313. The van der Waals surface area contributed by atoms with Crippen LogP contribution in [0, 0.1) is 11.8 Å². The summed E-state index contributed by atoms with van der Waals surface area (Å²) in [5.74, 6) is -2.99. The Morgan fingerprint density at radius 2 is 1.92 bits per heavy atom. The molecule has 7 heteroatoms. The third-order valence-electron chi connectivity index (χ3n) is 4.93. The van der Waals surface area contributed by atoms with Crippen molar-refractivity contribution in [2.45, 2.75) is 25.7 Å². The summed E-state index contributed by atoms with van der Waals surface area (Å²) in [6.45, 7) is 0.590. The van der Waals surface area contributed by atoms with Crippen LogP contribution in [0.15, 0.2) is 30.4 Å². The smallest absolute Gasteiger partial charge is 0.414 e. The maximum atomic E-state index is 12.5. The molecule has 0 fully saturated rings. The summed E-state index contributed by atoms with van der Waals surface area (Å²) in [6.07, 6.45) is 5.47. The van der Waals surface area contributed by atoms with Crippen LogP contribution in [0.5, 0.6) is 0 Å². The number of fused-ring (bicyclic) bond motifs is 1. The molecule has 0 saturated carbocycles. The molecule has 2 amide bonds. The van der Waals surface area contributed by atoms with E-state index in [0.717, 1.165) is 24.1 Å². The van der Waals surface area contributed by atoms with E-state index in [9.17, 15) is 19.5 Å². The Morgan fingerprint density at radius 1 is 1.19 bits per heavy atom. The van der Waals surface area contributed by atoms with E-state index >= 15 is 0 Å². The van der Waals surface area contributed by atoms with Gasteiger partial charge in [0, 0.05) is 24.1 Å². The quantitative estimate of drug-likeness (QED) is 0.826. The number of aryl methyl sites for hydroxylation is 1. The highest BCUT2D eigenvalue weighted by molar-refractivity contribution is 5.96. The van der Waals surface area contributed by atoms with E-state index in [2.05, 4.69) is 5.32 Å². The SMILES string of the molecule is COC(=O)N1CCCc2cc(NC(=O)[C@@H]3CC=CC[C@@H]3C(=O)[O-])ccc21. The van der Waals surface area contributed by atoms with Gasteiger partial charge < -0.3 is 20.0 Å². The second kappa shape index (κ2) is 7.59. The van der Waals surface area contributed by atoms with Gasteiger partial charge in [0.2, 0.25) is 5.91 Å². The van der Waals surface area contributed by atoms with Gasteiger partial charge in [-0.3, -0.25) is 9.69 Å². The van der Waals surface area contributed by atoms with E-state index in [0.29, 0.717) is 25.1 Å². The van der Waals surface area contributed by atoms with Gasteiger partial charge in [0.15, 0.2) is 0 Å². The van der Waals surface area contributed by atoms with Gasteiger partial charge in [0.05, 0.1) is 18.7 Å². The van der Waals surface area contributed by atoms with Gasteiger partial charge >= 0.3 is 6.09 Å². The normalized spacial score (nSPS) is 21.7. The monoisotopic (exact) mass is 357 g/mol. The Kier molecular flexibility index (Phi) is 5.25.